The van der Waals surface area contributed by atoms with Gasteiger partial charge in [-0.3, -0.25) is 14.5 Å². The van der Waals surface area contributed by atoms with Gasteiger partial charge in [0, 0.05) is 21.3 Å². The Labute approximate surface area is 184 Å². The fraction of sp³-hybridized carbons (Fsp3) is 0.0833. The third-order valence-corrected chi connectivity index (χ3v) is 5.56. The highest BCUT2D eigenvalue weighted by atomic mass is 35.5. The minimum Gasteiger partial charge on any atom is -0.507 e. The first-order chi connectivity index (χ1) is 14.4. The van der Waals surface area contributed by atoms with E-state index in [4.69, 9.17) is 23.2 Å². The Morgan fingerprint density at radius 3 is 2.30 bits per heavy atom. The predicted molar refractivity (Wildman–Crippen MR) is 119 cm³/mol. The fourth-order valence-electron chi connectivity index (χ4n) is 3.67. The van der Waals surface area contributed by atoms with E-state index in [9.17, 15) is 14.7 Å². The first kappa shape index (κ1) is 20.2. The topological polar surface area (TPSA) is 57.6 Å². The van der Waals surface area contributed by atoms with Gasteiger partial charge in [-0.2, -0.15) is 0 Å². The molecule has 1 N–H and O–H groups in total. The lowest BCUT2D eigenvalue weighted by Crippen LogP contribution is -2.30. The molecule has 0 bridgehead atoms. The molecule has 3 aromatic carbocycles. The standard InChI is InChI=1S/C24H17Cl2NO3/c1-14-10-11-18(26)13-19(14)27-21(15-6-3-2-4-7-15)20(23(29)24(27)30)22(28)16-8-5-9-17(25)12-16/h2-13,21,28H,1H3/b22-20+. The normalized spacial score (nSPS) is 18.1. The maximum atomic E-state index is 13.1. The zero-order valence-corrected chi connectivity index (χ0v) is 17.5. The summed E-state index contributed by atoms with van der Waals surface area (Å²) in [4.78, 5) is 27.6. The third-order valence-electron chi connectivity index (χ3n) is 5.09. The lowest BCUT2D eigenvalue weighted by atomic mass is 9.95. The maximum absolute atomic E-state index is 13.1. The number of ketones is 1. The van der Waals surface area contributed by atoms with Crippen LogP contribution >= 0.6 is 23.2 Å². The summed E-state index contributed by atoms with van der Waals surface area (Å²) < 4.78 is 0. The van der Waals surface area contributed by atoms with Crippen LogP contribution in [0.1, 0.15) is 22.7 Å². The van der Waals surface area contributed by atoms with Gasteiger partial charge in [0.15, 0.2) is 0 Å². The van der Waals surface area contributed by atoms with E-state index in [0.29, 0.717) is 26.9 Å². The van der Waals surface area contributed by atoms with Crippen LogP contribution in [-0.4, -0.2) is 16.8 Å². The zero-order chi connectivity index (χ0) is 21.4. The van der Waals surface area contributed by atoms with Gasteiger partial charge >= 0.3 is 0 Å². The van der Waals surface area contributed by atoms with E-state index >= 15 is 0 Å². The minimum atomic E-state index is -0.803. The summed E-state index contributed by atoms with van der Waals surface area (Å²) in [6, 6.07) is 20.0. The second-order valence-corrected chi connectivity index (χ2v) is 7.89. The molecule has 6 heteroatoms. The van der Waals surface area contributed by atoms with Gasteiger partial charge in [-0.05, 0) is 42.3 Å². The van der Waals surface area contributed by atoms with Crippen molar-refractivity contribution in [2.75, 3.05) is 4.90 Å². The molecule has 0 spiro atoms. The molecule has 1 aliphatic rings. The van der Waals surface area contributed by atoms with E-state index in [1.165, 1.54) is 4.90 Å². The van der Waals surface area contributed by atoms with E-state index in [0.717, 1.165) is 5.56 Å². The van der Waals surface area contributed by atoms with Crippen LogP contribution < -0.4 is 4.90 Å². The van der Waals surface area contributed by atoms with Crippen LogP contribution in [0.3, 0.4) is 0 Å². The largest absolute Gasteiger partial charge is 0.507 e. The first-order valence-electron chi connectivity index (χ1n) is 9.26. The Balaban J connectivity index is 1.99. The van der Waals surface area contributed by atoms with Gasteiger partial charge < -0.3 is 5.11 Å². The summed E-state index contributed by atoms with van der Waals surface area (Å²) in [7, 11) is 0. The maximum Gasteiger partial charge on any atom is 0.300 e. The van der Waals surface area contributed by atoms with Crippen molar-refractivity contribution in [1.82, 2.24) is 0 Å². The van der Waals surface area contributed by atoms with Crippen LogP contribution in [0.15, 0.2) is 78.4 Å². The average Bonchev–Trinajstić information content (AvgIpc) is 3.00. The van der Waals surface area contributed by atoms with Crippen molar-refractivity contribution >= 4 is 46.3 Å². The summed E-state index contributed by atoms with van der Waals surface area (Å²) in [6.45, 7) is 1.84. The van der Waals surface area contributed by atoms with Crippen LogP contribution in [0.2, 0.25) is 10.0 Å². The van der Waals surface area contributed by atoms with Crippen molar-refractivity contribution in [1.29, 1.82) is 0 Å². The number of carbonyl (C=O) groups excluding carboxylic acids is 2. The van der Waals surface area contributed by atoms with E-state index in [1.54, 1.807) is 42.5 Å². The lowest BCUT2D eigenvalue weighted by Gasteiger charge is -2.27. The summed E-state index contributed by atoms with van der Waals surface area (Å²) in [5.74, 6) is -1.76. The highest BCUT2D eigenvalue weighted by Gasteiger charge is 2.47. The molecule has 150 valence electrons. The molecular weight excluding hydrogens is 421 g/mol. The summed E-state index contributed by atoms with van der Waals surface area (Å²) >= 11 is 12.3. The number of Topliss-reactive ketones (excluding diaryl/α,β-unsaturated/α-hetero) is 1. The SMILES string of the molecule is Cc1ccc(Cl)cc1N1C(=O)C(=O)/C(=C(/O)c2cccc(Cl)c2)C1c1ccccc1. The zero-order valence-electron chi connectivity index (χ0n) is 16.0. The van der Waals surface area contributed by atoms with Crippen molar-refractivity contribution in [2.45, 2.75) is 13.0 Å². The molecule has 1 heterocycles. The van der Waals surface area contributed by atoms with Gasteiger partial charge in [-0.1, -0.05) is 71.7 Å². The predicted octanol–water partition coefficient (Wildman–Crippen LogP) is 5.93. The highest BCUT2D eigenvalue weighted by Crippen LogP contribution is 2.43. The van der Waals surface area contributed by atoms with E-state index in [-0.39, 0.29) is 11.3 Å². The molecule has 4 nitrogen and oxygen atoms in total. The Morgan fingerprint density at radius 2 is 1.60 bits per heavy atom. The monoisotopic (exact) mass is 437 g/mol. The number of amides is 1. The van der Waals surface area contributed by atoms with Crippen LogP contribution in [0.4, 0.5) is 5.69 Å². The minimum absolute atomic E-state index is 0.00726. The second-order valence-electron chi connectivity index (χ2n) is 7.02. The molecule has 1 atom stereocenters. The number of hydrogen-bond donors (Lipinski definition) is 1. The molecule has 0 saturated carbocycles. The van der Waals surface area contributed by atoms with Crippen LogP contribution in [-0.2, 0) is 9.59 Å². The Hall–Kier alpha value is -3.08. The van der Waals surface area contributed by atoms with E-state index < -0.39 is 17.7 Å². The molecule has 0 aromatic heterocycles. The van der Waals surface area contributed by atoms with Crippen molar-refractivity contribution in [3.05, 3.63) is 105 Å². The Kier molecular flexibility index (Phi) is 5.37. The van der Waals surface area contributed by atoms with Gasteiger partial charge in [-0.15, -0.1) is 0 Å². The number of carbonyl (C=O) groups is 2. The van der Waals surface area contributed by atoms with Gasteiger partial charge in [0.2, 0.25) is 0 Å². The molecule has 30 heavy (non-hydrogen) atoms. The second kappa shape index (κ2) is 7.98. The lowest BCUT2D eigenvalue weighted by molar-refractivity contribution is -0.132. The van der Waals surface area contributed by atoms with Crippen molar-refractivity contribution in [3.8, 4) is 0 Å². The van der Waals surface area contributed by atoms with Gasteiger partial charge in [-0.25, -0.2) is 0 Å². The van der Waals surface area contributed by atoms with Crippen molar-refractivity contribution < 1.29 is 14.7 Å². The number of hydrogen-bond acceptors (Lipinski definition) is 3. The number of benzene rings is 3. The fourth-order valence-corrected chi connectivity index (χ4v) is 4.02. The molecule has 0 aliphatic carbocycles. The molecule has 1 amide bonds. The highest BCUT2D eigenvalue weighted by molar-refractivity contribution is 6.52. The Morgan fingerprint density at radius 1 is 0.900 bits per heavy atom. The molecule has 3 aromatic rings. The summed E-state index contributed by atoms with van der Waals surface area (Å²) in [6.07, 6.45) is 0. The first-order valence-corrected chi connectivity index (χ1v) is 10.0. The number of anilines is 1. The summed E-state index contributed by atoms with van der Waals surface area (Å²) in [5.41, 5.74) is 2.37. The van der Waals surface area contributed by atoms with Crippen molar-refractivity contribution in [2.24, 2.45) is 0 Å². The van der Waals surface area contributed by atoms with Crippen molar-refractivity contribution in [3.63, 3.8) is 0 Å². The van der Waals surface area contributed by atoms with Gasteiger partial charge in [0.25, 0.3) is 11.7 Å². The number of rotatable bonds is 3. The van der Waals surface area contributed by atoms with Gasteiger partial charge in [0.1, 0.15) is 5.76 Å². The van der Waals surface area contributed by atoms with Crippen LogP contribution in [0.5, 0.6) is 0 Å². The quantitative estimate of drug-likeness (QED) is 0.313. The average molecular weight is 438 g/mol. The number of nitrogens with zero attached hydrogens (tertiary/aromatic N) is 1. The number of halogens is 2. The number of aryl methyl sites for hydroxylation is 1. The number of aliphatic hydroxyl groups is 1. The van der Waals surface area contributed by atoms with E-state index in [1.807, 2.05) is 37.3 Å². The van der Waals surface area contributed by atoms with Crippen LogP contribution in [0.25, 0.3) is 5.76 Å². The summed E-state index contributed by atoms with van der Waals surface area (Å²) in [5, 5.41) is 11.9. The van der Waals surface area contributed by atoms with Crippen LogP contribution in [0, 0.1) is 6.92 Å². The molecular formula is C24H17Cl2NO3. The molecule has 0 radical (unpaired) electrons. The third kappa shape index (κ3) is 3.49. The Bertz CT molecular complexity index is 1190. The molecule has 1 aliphatic heterocycles. The smallest absolute Gasteiger partial charge is 0.300 e. The molecule has 4 rings (SSSR count). The molecule has 1 saturated heterocycles. The molecule has 1 fully saturated rings. The molecule has 1 unspecified atom stereocenters. The van der Waals surface area contributed by atoms with Gasteiger partial charge in [0.05, 0.1) is 11.6 Å². The number of aliphatic hydroxyl groups excluding tert-OH is 1. The van der Waals surface area contributed by atoms with E-state index in [2.05, 4.69) is 0 Å².